The van der Waals surface area contributed by atoms with Gasteiger partial charge in [0.05, 0.1) is 39.9 Å². The van der Waals surface area contributed by atoms with Crippen LogP contribution in [0.25, 0.3) is 0 Å². The molecule has 3 atom stereocenters. The summed E-state index contributed by atoms with van der Waals surface area (Å²) in [6.07, 6.45) is 80.3. The molecule has 0 aliphatic rings. The van der Waals surface area contributed by atoms with Crippen LogP contribution in [0.4, 0.5) is 0 Å². The summed E-state index contributed by atoms with van der Waals surface area (Å²) in [4.78, 5) is 25.5. The van der Waals surface area contributed by atoms with Crippen LogP contribution < -0.4 is 10.2 Å². The van der Waals surface area contributed by atoms with E-state index in [0.29, 0.717) is 17.4 Å². The summed E-state index contributed by atoms with van der Waals surface area (Å²) in [7, 11) is 1.23. The van der Waals surface area contributed by atoms with Crippen LogP contribution in [-0.2, 0) is 18.4 Å². The SMILES string of the molecule is CC/C=C\C/C=C\C/C=C\C/C=C\C/C=C\C/C=C\CCCCCCCCCCCCCCCCC(=O)NC(COP(=O)([O-])OCC[N+](C)(C)C)C(O)/C=C/CC/C=C/CC/C=C/CCCCCCCCCCC. The first kappa shape index (κ1) is 71.2. The largest absolute Gasteiger partial charge is 0.756 e. The van der Waals surface area contributed by atoms with Crippen LogP contribution in [0, 0.1) is 0 Å². The highest BCUT2D eigenvalue weighted by Crippen LogP contribution is 2.38. The summed E-state index contributed by atoms with van der Waals surface area (Å²) >= 11 is 0. The van der Waals surface area contributed by atoms with E-state index in [2.05, 4.69) is 116 Å². The third-order valence-corrected chi connectivity index (χ3v) is 13.9. The molecule has 2 N–H and O–H groups in total. The molecule has 8 nitrogen and oxygen atoms in total. The number of phosphoric acid groups is 1. The van der Waals surface area contributed by atoms with Crippen LogP contribution in [0.5, 0.6) is 0 Å². The topological polar surface area (TPSA) is 108 Å². The minimum absolute atomic E-state index is 0.0132. The Kier molecular flexibility index (Phi) is 52.8. The number of allylic oxidation sites excluding steroid dienone is 17. The Balaban J connectivity index is 4.19. The van der Waals surface area contributed by atoms with Gasteiger partial charge in [-0.3, -0.25) is 9.36 Å². The van der Waals surface area contributed by atoms with Gasteiger partial charge < -0.3 is 28.8 Å². The van der Waals surface area contributed by atoms with Gasteiger partial charge in [-0.2, -0.15) is 0 Å². The van der Waals surface area contributed by atoms with Gasteiger partial charge >= 0.3 is 0 Å². The van der Waals surface area contributed by atoms with E-state index in [9.17, 15) is 19.4 Å². The van der Waals surface area contributed by atoms with Gasteiger partial charge in [-0.05, 0) is 96.3 Å². The number of rotatable bonds is 54. The monoisotopic (exact) mass is 1050 g/mol. The molecule has 0 saturated heterocycles. The molecule has 3 unspecified atom stereocenters. The molecular formula is C65H115N2O6P. The quantitative estimate of drug-likeness (QED) is 0.0272. The van der Waals surface area contributed by atoms with Gasteiger partial charge in [-0.1, -0.05) is 252 Å². The van der Waals surface area contributed by atoms with Crippen molar-refractivity contribution in [1.29, 1.82) is 0 Å². The Hall–Kier alpha value is -2.84. The Morgan fingerprint density at radius 3 is 1.26 bits per heavy atom. The lowest BCUT2D eigenvalue weighted by Crippen LogP contribution is -2.45. The first-order chi connectivity index (χ1) is 36.0. The Labute approximate surface area is 457 Å². The van der Waals surface area contributed by atoms with E-state index in [4.69, 9.17) is 9.05 Å². The van der Waals surface area contributed by atoms with Crippen LogP contribution in [0.1, 0.15) is 245 Å². The number of hydrogen-bond acceptors (Lipinski definition) is 6. The molecule has 0 fully saturated rings. The molecule has 0 heterocycles. The molecule has 0 radical (unpaired) electrons. The van der Waals surface area contributed by atoms with Crippen LogP contribution >= 0.6 is 7.82 Å². The highest BCUT2D eigenvalue weighted by Gasteiger charge is 2.23. The third-order valence-electron chi connectivity index (χ3n) is 12.9. The van der Waals surface area contributed by atoms with Gasteiger partial charge in [-0.25, -0.2) is 0 Å². The molecule has 74 heavy (non-hydrogen) atoms. The predicted molar refractivity (Wildman–Crippen MR) is 320 cm³/mol. The highest BCUT2D eigenvalue weighted by molar-refractivity contribution is 7.45. The number of nitrogens with zero attached hydrogens (tertiary/aromatic N) is 1. The van der Waals surface area contributed by atoms with Crippen LogP contribution in [-0.4, -0.2) is 68.5 Å². The molecule has 1 amide bonds. The average molecular weight is 1050 g/mol. The van der Waals surface area contributed by atoms with Crippen molar-refractivity contribution in [2.45, 2.75) is 257 Å². The lowest BCUT2D eigenvalue weighted by Gasteiger charge is -2.29. The van der Waals surface area contributed by atoms with Crippen molar-refractivity contribution in [1.82, 2.24) is 5.32 Å². The number of carbonyl (C=O) groups excluding carboxylic acids is 1. The number of nitrogens with one attached hydrogen (secondary N) is 1. The van der Waals surface area contributed by atoms with E-state index in [-0.39, 0.29) is 12.5 Å². The fourth-order valence-electron chi connectivity index (χ4n) is 8.25. The molecule has 0 spiro atoms. The molecule has 0 aliphatic carbocycles. The minimum atomic E-state index is -4.62. The standard InChI is InChI=1S/C65H115N2O6P/c1-6-8-10-12-14-16-18-20-22-24-26-27-28-29-30-31-32-33-34-35-36-37-38-39-41-43-45-47-49-51-53-55-57-59-65(69)66-63(62-73-74(70,71)72-61-60-67(3,4)5)64(68)58-56-54-52-50-48-46-44-42-40-25-23-21-19-17-15-13-11-9-7-2/h8,10,14,16,20,22,26-27,29-30,32-33,40,42,48,50,56,58,63-64,68H,6-7,9,11-13,15,17-19,21,23-25,28,31,34-39,41,43-47,49,51-55,57,59-62H2,1-5H3,(H-,66,69,70,71)/b10-8-,16-14-,22-20-,27-26-,30-29-,33-32-,42-40+,50-48+,58-56+. The van der Waals surface area contributed by atoms with Crippen molar-refractivity contribution < 1.29 is 32.9 Å². The number of unbranched alkanes of at least 4 members (excludes halogenated alkanes) is 25. The van der Waals surface area contributed by atoms with E-state index >= 15 is 0 Å². The minimum Gasteiger partial charge on any atom is -0.756 e. The van der Waals surface area contributed by atoms with Crippen molar-refractivity contribution in [2.24, 2.45) is 0 Å². The lowest BCUT2D eigenvalue weighted by molar-refractivity contribution is -0.870. The fraction of sp³-hybridized carbons (Fsp3) is 0.708. The number of hydrogen-bond donors (Lipinski definition) is 2. The maximum Gasteiger partial charge on any atom is 0.268 e. The van der Waals surface area contributed by atoms with E-state index < -0.39 is 26.6 Å². The van der Waals surface area contributed by atoms with Crippen LogP contribution in [0.2, 0.25) is 0 Å². The average Bonchev–Trinajstić information content (AvgIpc) is 3.36. The van der Waals surface area contributed by atoms with Crippen molar-refractivity contribution in [3.8, 4) is 0 Å². The summed E-state index contributed by atoms with van der Waals surface area (Å²) in [5.41, 5.74) is 0. The normalized spacial score (nSPS) is 14.6. The second-order valence-corrected chi connectivity index (χ2v) is 22.7. The van der Waals surface area contributed by atoms with Gasteiger partial charge in [0.15, 0.2) is 0 Å². The molecule has 0 bridgehead atoms. The number of quaternary nitrogens is 1. The number of aliphatic hydroxyl groups is 1. The number of phosphoric ester groups is 1. The summed E-state index contributed by atoms with van der Waals surface area (Å²) in [5, 5.41) is 13.9. The van der Waals surface area contributed by atoms with Crippen LogP contribution in [0.15, 0.2) is 109 Å². The third kappa shape index (κ3) is 56.9. The molecular weight excluding hydrogens is 936 g/mol. The molecule has 9 heteroatoms. The number of aliphatic hydroxyl groups excluding tert-OH is 1. The maximum absolute atomic E-state index is 13.0. The van der Waals surface area contributed by atoms with Crippen LogP contribution in [0.3, 0.4) is 0 Å². The Morgan fingerprint density at radius 1 is 0.486 bits per heavy atom. The smallest absolute Gasteiger partial charge is 0.268 e. The van der Waals surface area contributed by atoms with Crippen molar-refractivity contribution in [3.05, 3.63) is 109 Å². The highest BCUT2D eigenvalue weighted by atomic mass is 31.2. The molecule has 426 valence electrons. The molecule has 0 aromatic carbocycles. The summed E-state index contributed by atoms with van der Waals surface area (Å²) in [6.45, 7) is 4.50. The maximum atomic E-state index is 13.0. The summed E-state index contributed by atoms with van der Waals surface area (Å²) in [5.74, 6) is -0.215. The number of amides is 1. The first-order valence-corrected chi connectivity index (χ1v) is 31.7. The van der Waals surface area contributed by atoms with E-state index in [0.717, 1.165) is 83.5 Å². The zero-order valence-corrected chi connectivity index (χ0v) is 49.4. The fourth-order valence-corrected chi connectivity index (χ4v) is 8.97. The predicted octanol–water partition coefficient (Wildman–Crippen LogP) is 18.1. The van der Waals surface area contributed by atoms with E-state index in [1.165, 1.54) is 141 Å². The zero-order valence-electron chi connectivity index (χ0n) is 48.5. The van der Waals surface area contributed by atoms with Gasteiger partial charge in [0, 0.05) is 6.42 Å². The van der Waals surface area contributed by atoms with Gasteiger partial charge in [0.2, 0.25) is 5.91 Å². The second kappa shape index (κ2) is 54.9. The number of carbonyl (C=O) groups is 1. The van der Waals surface area contributed by atoms with Crippen molar-refractivity contribution in [3.63, 3.8) is 0 Å². The van der Waals surface area contributed by atoms with Crippen molar-refractivity contribution in [2.75, 3.05) is 40.9 Å². The zero-order chi connectivity index (χ0) is 54.2. The molecule has 0 aromatic rings. The molecule has 0 rings (SSSR count). The van der Waals surface area contributed by atoms with Crippen molar-refractivity contribution >= 4 is 13.7 Å². The Morgan fingerprint density at radius 2 is 0.838 bits per heavy atom. The van der Waals surface area contributed by atoms with Gasteiger partial charge in [0.25, 0.3) is 7.82 Å². The molecule has 0 aromatic heterocycles. The summed E-state index contributed by atoms with van der Waals surface area (Å²) < 4.78 is 23.3. The molecule has 0 aliphatic heterocycles. The summed E-state index contributed by atoms with van der Waals surface area (Å²) in [6, 6.07) is -0.917. The second-order valence-electron chi connectivity index (χ2n) is 21.3. The Bertz CT molecular complexity index is 1570. The van der Waals surface area contributed by atoms with Gasteiger partial charge in [-0.15, -0.1) is 0 Å². The molecule has 0 saturated carbocycles. The van der Waals surface area contributed by atoms with E-state index in [1.54, 1.807) is 6.08 Å². The van der Waals surface area contributed by atoms with E-state index in [1.807, 2.05) is 27.2 Å². The lowest BCUT2D eigenvalue weighted by atomic mass is 10.0. The number of likely N-dealkylation sites (N-methyl/N-ethyl adjacent to an activating group) is 1. The first-order valence-electron chi connectivity index (χ1n) is 30.2. The van der Waals surface area contributed by atoms with Gasteiger partial charge in [0.1, 0.15) is 13.2 Å².